The van der Waals surface area contributed by atoms with Crippen molar-refractivity contribution >= 4 is 28.1 Å². The molecule has 0 spiro atoms. The fourth-order valence-corrected chi connectivity index (χ4v) is 5.06. The normalized spacial score (nSPS) is 20.5. The van der Waals surface area contributed by atoms with Crippen molar-refractivity contribution < 1.29 is 13.6 Å². The maximum atomic E-state index is 12.2. The third-order valence-corrected chi connectivity index (χ3v) is 6.43. The first-order chi connectivity index (χ1) is 12.6. The molecule has 1 aromatic heterocycles. The van der Waals surface area contributed by atoms with Gasteiger partial charge in [0.15, 0.2) is 0 Å². The number of fused-ring (bicyclic) bond motifs is 1. The number of carbonyl (C=O) groups excluding carboxylic acids is 1. The molecule has 2 N–H and O–H groups in total. The molecular formula is C20H26N2O3S. The first-order valence-corrected chi connectivity index (χ1v) is 10.8. The van der Waals surface area contributed by atoms with Crippen molar-refractivity contribution in [2.24, 2.45) is 0 Å². The van der Waals surface area contributed by atoms with Crippen molar-refractivity contribution in [3.63, 3.8) is 0 Å². The van der Waals surface area contributed by atoms with Crippen molar-refractivity contribution in [3.05, 3.63) is 35.5 Å². The van der Waals surface area contributed by atoms with Crippen LogP contribution in [0.25, 0.3) is 10.9 Å². The predicted molar refractivity (Wildman–Crippen MR) is 104 cm³/mol. The monoisotopic (exact) mass is 374 g/mol. The summed E-state index contributed by atoms with van der Waals surface area (Å²) in [5.41, 5.74) is 2.95. The van der Waals surface area contributed by atoms with Crippen LogP contribution < -0.4 is 4.72 Å². The number of nitrogens with zero attached hydrogens (tertiary/aromatic N) is 1. The van der Waals surface area contributed by atoms with Crippen LogP contribution in [0.4, 0.5) is 0 Å². The molecule has 5 nitrogen and oxygen atoms in total. The van der Waals surface area contributed by atoms with E-state index >= 15 is 0 Å². The largest absolute Gasteiger partial charge is 0.344 e. The Morgan fingerprint density at radius 1 is 1.08 bits per heavy atom. The zero-order chi connectivity index (χ0) is 18.1. The zero-order valence-electron chi connectivity index (χ0n) is 14.9. The SMILES string of the molecule is O=C(NS(=O)O)c1ccc2c(C3CCCCC3)cn(C3CCCC3)c2c1. The van der Waals surface area contributed by atoms with E-state index in [-0.39, 0.29) is 0 Å². The number of benzene rings is 1. The summed E-state index contributed by atoms with van der Waals surface area (Å²) < 4.78 is 24.3. The lowest BCUT2D eigenvalue weighted by Crippen LogP contribution is -2.24. The van der Waals surface area contributed by atoms with Gasteiger partial charge in [-0.05, 0) is 49.3 Å². The van der Waals surface area contributed by atoms with E-state index < -0.39 is 17.2 Å². The Hall–Kier alpha value is -1.66. The number of aromatic nitrogens is 1. The highest BCUT2D eigenvalue weighted by molar-refractivity contribution is 7.77. The predicted octanol–water partition coefficient (Wildman–Crippen LogP) is 4.67. The molecule has 26 heavy (non-hydrogen) atoms. The third kappa shape index (κ3) is 3.45. The van der Waals surface area contributed by atoms with E-state index in [0.717, 1.165) is 5.52 Å². The Morgan fingerprint density at radius 3 is 2.46 bits per heavy atom. The van der Waals surface area contributed by atoms with Crippen LogP contribution in [0.3, 0.4) is 0 Å². The highest BCUT2D eigenvalue weighted by atomic mass is 32.2. The van der Waals surface area contributed by atoms with Gasteiger partial charge in [-0.2, -0.15) is 0 Å². The summed E-state index contributed by atoms with van der Waals surface area (Å²) in [4.78, 5) is 12.2. The number of amides is 1. The van der Waals surface area contributed by atoms with Gasteiger partial charge in [0, 0.05) is 28.7 Å². The van der Waals surface area contributed by atoms with Crippen molar-refractivity contribution in [1.29, 1.82) is 0 Å². The minimum Gasteiger partial charge on any atom is -0.344 e. The van der Waals surface area contributed by atoms with E-state index in [2.05, 4.69) is 15.5 Å². The lowest BCUT2D eigenvalue weighted by Gasteiger charge is -2.21. The van der Waals surface area contributed by atoms with E-state index in [0.29, 0.717) is 17.5 Å². The minimum atomic E-state index is -2.34. The van der Waals surface area contributed by atoms with Gasteiger partial charge in [0.05, 0.1) is 0 Å². The molecule has 6 heteroatoms. The van der Waals surface area contributed by atoms with Crippen molar-refractivity contribution in [1.82, 2.24) is 9.29 Å². The highest BCUT2D eigenvalue weighted by Crippen LogP contribution is 2.41. The quantitative estimate of drug-likeness (QED) is 0.764. The molecule has 1 heterocycles. The molecule has 0 radical (unpaired) electrons. The van der Waals surface area contributed by atoms with Gasteiger partial charge < -0.3 is 4.57 Å². The summed E-state index contributed by atoms with van der Waals surface area (Å²) in [5, 5.41) is 1.24. The van der Waals surface area contributed by atoms with E-state index in [1.807, 2.05) is 12.1 Å². The molecule has 2 aliphatic rings. The van der Waals surface area contributed by atoms with Gasteiger partial charge >= 0.3 is 0 Å². The lowest BCUT2D eigenvalue weighted by molar-refractivity contribution is 0.0981. The first kappa shape index (κ1) is 17.7. The topological polar surface area (TPSA) is 71.3 Å². The molecule has 2 aromatic rings. The van der Waals surface area contributed by atoms with E-state index in [4.69, 9.17) is 4.55 Å². The van der Waals surface area contributed by atoms with Crippen LogP contribution in [0.15, 0.2) is 24.4 Å². The summed E-state index contributed by atoms with van der Waals surface area (Å²) in [6.45, 7) is 0. The average molecular weight is 375 g/mol. The summed E-state index contributed by atoms with van der Waals surface area (Å²) in [7, 11) is 0. The van der Waals surface area contributed by atoms with Crippen LogP contribution in [0.2, 0.25) is 0 Å². The summed E-state index contributed by atoms with van der Waals surface area (Å²) in [6, 6.07) is 6.19. The fraction of sp³-hybridized carbons (Fsp3) is 0.550. The van der Waals surface area contributed by atoms with Crippen LogP contribution in [-0.2, 0) is 11.3 Å². The molecule has 2 aliphatic carbocycles. The second kappa shape index (κ2) is 7.53. The van der Waals surface area contributed by atoms with Gasteiger partial charge in [-0.15, -0.1) is 0 Å². The third-order valence-electron chi connectivity index (χ3n) is 6.07. The van der Waals surface area contributed by atoms with Gasteiger partial charge in [0.25, 0.3) is 17.2 Å². The first-order valence-electron chi connectivity index (χ1n) is 9.70. The smallest absolute Gasteiger partial charge is 0.264 e. The molecule has 0 bridgehead atoms. The number of nitrogens with one attached hydrogen (secondary N) is 1. The van der Waals surface area contributed by atoms with Crippen molar-refractivity contribution in [2.75, 3.05) is 0 Å². The van der Waals surface area contributed by atoms with Gasteiger partial charge in [-0.1, -0.05) is 38.2 Å². The minimum absolute atomic E-state index is 0.437. The summed E-state index contributed by atoms with van der Waals surface area (Å²) in [5.74, 6) is 0.102. The van der Waals surface area contributed by atoms with Gasteiger partial charge in [-0.25, -0.2) is 8.93 Å². The fourth-order valence-electron chi connectivity index (χ4n) is 4.78. The van der Waals surface area contributed by atoms with Crippen LogP contribution in [0.1, 0.15) is 85.7 Å². The Bertz CT molecular complexity index is 833. The second-order valence-electron chi connectivity index (χ2n) is 7.68. The number of rotatable bonds is 4. The van der Waals surface area contributed by atoms with Crippen LogP contribution in [0.5, 0.6) is 0 Å². The Morgan fingerprint density at radius 2 is 1.77 bits per heavy atom. The second-order valence-corrected chi connectivity index (χ2v) is 8.38. The van der Waals surface area contributed by atoms with Crippen LogP contribution in [0, 0.1) is 0 Å². The van der Waals surface area contributed by atoms with Gasteiger partial charge in [0.1, 0.15) is 0 Å². The molecule has 2 fully saturated rings. The molecule has 1 unspecified atom stereocenters. The number of hydrogen-bond acceptors (Lipinski definition) is 2. The maximum absolute atomic E-state index is 12.2. The molecule has 1 atom stereocenters. The number of hydrogen-bond donors (Lipinski definition) is 2. The molecule has 0 aliphatic heterocycles. The van der Waals surface area contributed by atoms with E-state index in [1.165, 1.54) is 68.7 Å². The van der Waals surface area contributed by atoms with E-state index in [9.17, 15) is 9.00 Å². The van der Waals surface area contributed by atoms with Crippen LogP contribution in [-0.4, -0.2) is 19.2 Å². The molecule has 1 amide bonds. The summed E-state index contributed by atoms with van der Waals surface area (Å²) >= 11 is -2.34. The maximum Gasteiger partial charge on any atom is 0.264 e. The van der Waals surface area contributed by atoms with Crippen molar-refractivity contribution in [2.45, 2.75) is 69.7 Å². The molecule has 4 rings (SSSR count). The van der Waals surface area contributed by atoms with Crippen LogP contribution >= 0.6 is 0 Å². The summed E-state index contributed by atoms with van der Waals surface area (Å²) in [6.07, 6.45) is 13.6. The zero-order valence-corrected chi connectivity index (χ0v) is 15.8. The molecule has 2 saturated carbocycles. The molecule has 1 aromatic carbocycles. The average Bonchev–Trinajstić information content (AvgIpc) is 3.29. The Balaban J connectivity index is 1.78. The Labute approximate surface area is 156 Å². The molecule has 140 valence electrons. The van der Waals surface area contributed by atoms with Crippen molar-refractivity contribution in [3.8, 4) is 0 Å². The highest BCUT2D eigenvalue weighted by Gasteiger charge is 2.25. The van der Waals surface area contributed by atoms with E-state index in [1.54, 1.807) is 6.07 Å². The Kier molecular flexibility index (Phi) is 5.14. The van der Waals surface area contributed by atoms with Gasteiger partial charge in [0.2, 0.25) is 0 Å². The lowest BCUT2D eigenvalue weighted by atomic mass is 9.84. The molecule has 0 saturated heterocycles. The number of carbonyl (C=O) groups is 1. The standard InChI is InChI=1S/C20H26N2O3S/c23-20(21-26(24)25)15-10-11-17-18(14-6-2-1-3-7-14)13-22(19(17)12-15)16-8-4-5-9-16/h10-14,16H,1-9H2,(H,21,23)(H,24,25). The van der Waals surface area contributed by atoms with Gasteiger partial charge in [-0.3, -0.25) is 9.35 Å². The molecular weight excluding hydrogens is 348 g/mol.